The van der Waals surface area contributed by atoms with E-state index in [-0.39, 0.29) is 0 Å². The summed E-state index contributed by atoms with van der Waals surface area (Å²) in [6.07, 6.45) is 6.49. The Morgan fingerprint density at radius 1 is 0.714 bits per heavy atom. The first-order chi connectivity index (χ1) is 13.9. The molecule has 3 nitrogen and oxygen atoms in total. The molecule has 1 N–H and O–H groups in total. The number of hydrogen-bond donors (Lipinski definition) is 1. The van der Waals surface area contributed by atoms with Gasteiger partial charge in [0.05, 0.1) is 0 Å². The SMILES string of the molecule is c1ccc2cc(Nc3ncc(Cc4ccncc4)c4ccccc34)ccc2c1. The van der Waals surface area contributed by atoms with E-state index in [4.69, 9.17) is 4.98 Å². The van der Waals surface area contributed by atoms with E-state index in [0.29, 0.717) is 0 Å². The minimum atomic E-state index is 0.840. The maximum absolute atomic E-state index is 4.75. The van der Waals surface area contributed by atoms with Crippen molar-refractivity contribution in [3.63, 3.8) is 0 Å². The first kappa shape index (κ1) is 16.5. The molecule has 0 saturated heterocycles. The third-order valence-electron chi connectivity index (χ3n) is 5.03. The van der Waals surface area contributed by atoms with Gasteiger partial charge >= 0.3 is 0 Å². The van der Waals surface area contributed by atoms with Crippen LogP contribution in [0, 0.1) is 0 Å². The molecule has 28 heavy (non-hydrogen) atoms. The number of fused-ring (bicyclic) bond motifs is 2. The maximum atomic E-state index is 4.75. The predicted octanol–water partition coefficient (Wildman–Crippen LogP) is 6.12. The minimum Gasteiger partial charge on any atom is -0.340 e. The van der Waals surface area contributed by atoms with Crippen LogP contribution in [-0.4, -0.2) is 9.97 Å². The number of hydrogen-bond acceptors (Lipinski definition) is 3. The molecule has 2 heterocycles. The van der Waals surface area contributed by atoms with Crippen LogP contribution in [0.1, 0.15) is 11.1 Å². The molecule has 3 heteroatoms. The fraction of sp³-hybridized carbons (Fsp3) is 0.0400. The first-order valence-corrected chi connectivity index (χ1v) is 9.38. The monoisotopic (exact) mass is 361 g/mol. The van der Waals surface area contributed by atoms with Crippen molar-refractivity contribution in [3.8, 4) is 0 Å². The van der Waals surface area contributed by atoms with Crippen LogP contribution >= 0.6 is 0 Å². The van der Waals surface area contributed by atoms with Gasteiger partial charge in [-0.3, -0.25) is 4.98 Å². The third-order valence-corrected chi connectivity index (χ3v) is 5.03. The van der Waals surface area contributed by atoms with Crippen LogP contribution in [0.4, 0.5) is 11.5 Å². The van der Waals surface area contributed by atoms with Crippen molar-refractivity contribution in [2.45, 2.75) is 6.42 Å². The summed E-state index contributed by atoms with van der Waals surface area (Å²) in [7, 11) is 0. The second-order valence-electron chi connectivity index (χ2n) is 6.90. The van der Waals surface area contributed by atoms with Gasteiger partial charge in [-0.05, 0) is 58.0 Å². The van der Waals surface area contributed by atoms with Crippen molar-refractivity contribution in [2.75, 3.05) is 5.32 Å². The topological polar surface area (TPSA) is 37.8 Å². The average molecular weight is 361 g/mol. The van der Waals surface area contributed by atoms with Gasteiger partial charge in [-0.2, -0.15) is 0 Å². The van der Waals surface area contributed by atoms with Crippen LogP contribution < -0.4 is 5.32 Å². The van der Waals surface area contributed by atoms with E-state index in [1.165, 1.54) is 27.3 Å². The quantitative estimate of drug-likeness (QED) is 0.419. The molecule has 0 atom stereocenters. The first-order valence-electron chi connectivity index (χ1n) is 9.38. The molecular weight excluding hydrogens is 342 g/mol. The molecule has 0 radical (unpaired) electrons. The summed E-state index contributed by atoms with van der Waals surface area (Å²) in [4.78, 5) is 8.86. The van der Waals surface area contributed by atoms with Crippen LogP contribution in [0.15, 0.2) is 97.5 Å². The van der Waals surface area contributed by atoms with Gasteiger partial charge in [-0.1, -0.05) is 54.6 Å². The van der Waals surface area contributed by atoms with Gasteiger partial charge in [0.15, 0.2) is 0 Å². The number of nitrogens with zero attached hydrogens (tertiary/aromatic N) is 2. The van der Waals surface area contributed by atoms with E-state index >= 15 is 0 Å². The molecule has 0 bridgehead atoms. The summed E-state index contributed by atoms with van der Waals surface area (Å²) < 4.78 is 0. The summed E-state index contributed by atoms with van der Waals surface area (Å²) in [6, 6.07) is 27.3. The van der Waals surface area contributed by atoms with E-state index in [0.717, 1.165) is 23.3 Å². The zero-order valence-corrected chi connectivity index (χ0v) is 15.3. The Morgan fingerprint density at radius 2 is 1.46 bits per heavy atom. The molecule has 0 amide bonds. The molecule has 0 aliphatic carbocycles. The lowest BCUT2D eigenvalue weighted by Crippen LogP contribution is -1.98. The lowest BCUT2D eigenvalue weighted by atomic mass is 10.0. The predicted molar refractivity (Wildman–Crippen MR) is 116 cm³/mol. The Labute approximate surface area is 163 Å². The number of pyridine rings is 2. The lowest BCUT2D eigenvalue weighted by Gasteiger charge is -2.13. The number of rotatable bonds is 4. The van der Waals surface area contributed by atoms with Gasteiger partial charge in [0.2, 0.25) is 0 Å². The molecule has 0 unspecified atom stereocenters. The fourth-order valence-electron chi connectivity index (χ4n) is 3.62. The van der Waals surface area contributed by atoms with E-state index < -0.39 is 0 Å². The standard InChI is InChI=1S/C25H19N3/c1-2-6-20-16-22(10-9-19(20)5-1)28-25-24-8-4-3-7-23(24)21(17-27-25)15-18-11-13-26-14-12-18/h1-14,16-17H,15H2,(H,27,28). The molecule has 3 aromatic carbocycles. The Balaban J connectivity index is 1.53. The Kier molecular flexibility index (Phi) is 4.19. The van der Waals surface area contributed by atoms with Crippen molar-refractivity contribution in [1.29, 1.82) is 0 Å². The normalized spacial score (nSPS) is 11.0. The summed E-state index contributed by atoms with van der Waals surface area (Å²) in [5.41, 5.74) is 3.49. The second kappa shape index (κ2) is 7.12. The van der Waals surface area contributed by atoms with E-state index in [9.17, 15) is 0 Å². The molecule has 5 aromatic rings. The lowest BCUT2D eigenvalue weighted by molar-refractivity contribution is 1.15. The van der Waals surface area contributed by atoms with Crippen molar-refractivity contribution >= 4 is 33.1 Å². The molecule has 0 aliphatic rings. The Hall–Kier alpha value is -3.72. The van der Waals surface area contributed by atoms with E-state index in [1.54, 1.807) is 0 Å². The average Bonchev–Trinajstić information content (AvgIpc) is 2.76. The van der Waals surface area contributed by atoms with Crippen molar-refractivity contribution in [2.24, 2.45) is 0 Å². The molecule has 0 spiro atoms. The number of nitrogens with one attached hydrogen (secondary N) is 1. The highest BCUT2D eigenvalue weighted by Crippen LogP contribution is 2.29. The Morgan fingerprint density at radius 3 is 2.32 bits per heavy atom. The summed E-state index contributed by atoms with van der Waals surface area (Å²) >= 11 is 0. The summed E-state index contributed by atoms with van der Waals surface area (Å²) in [6.45, 7) is 0. The van der Waals surface area contributed by atoms with Gasteiger partial charge in [-0.15, -0.1) is 0 Å². The number of benzene rings is 3. The zero-order chi connectivity index (χ0) is 18.8. The van der Waals surface area contributed by atoms with Gasteiger partial charge in [0.25, 0.3) is 0 Å². The van der Waals surface area contributed by atoms with Crippen molar-refractivity contribution in [1.82, 2.24) is 9.97 Å². The molecular formula is C25H19N3. The maximum Gasteiger partial charge on any atom is 0.138 e. The van der Waals surface area contributed by atoms with Gasteiger partial charge in [0, 0.05) is 29.7 Å². The highest BCUT2D eigenvalue weighted by atomic mass is 15.0. The van der Waals surface area contributed by atoms with Gasteiger partial charge in [0.1, 0.15) is 5.82 Å². The van der Waals surface area contributed by atoms with E-state index in [1.807, 2.05) is 18.6 Å². The van der Waals surface area contributed by atoms with Gasteiger partial charge < -0.3 is 5.32 Å². The smallest absolute Gasteiger partial charge is 0.138 e. The van der Waals surface area contributed by atoms with E-state index in [2.05, 4.69) is 89.2 Å². The summed E-state index contributed by atoms with van der Waals surface area (Å²) in [5.74, 6) is 0.879. The largest absolute Gasteiger partial charge is 0.340 e. The second-order valence-corrected chi connectivity index (χ2v) is 6.90. The zero-order valence-electron chi connectivity index (χ0n) is 15.3. The molecule has 2 aromatic heterocycles. The molecule has 0 saturated carbocycles. The van der Waals surface area contributed by atoms with Crippen LogP contribution in [0.3, 0.4) is 0 Å². The van der Waals surface area contributed by atoms with Gasteiger partial charge in [-0.25, -0.2) is 4.98 Å². The minimum absolute atomic E-state index is 0.840. The molecule has 0 fully saturated rings. The van der Waals surface area contributed by atoms with Crippen LogP contribution in [0.25, 0.3) is 21.5 Å². The highest BCUT2D eigenvalue weighted by Gasteiger charge is 2.09. The summed E-state index contributed by atoms with van der Waals surface area (Å²) in [5, 5.41) is 8.30. The van der Waals surface area contributed by atoms with Crippen LogP contribution in [-0.2, 0) is 6.42 Å². The van der Waals surface area contributed by atoms with Crippen molar-refractivity contribution in [3.05, 3.63) is 109 Å². The number of anilines is 2. The van der Waals surface area contributed by atoms with Crippen molar-refractivity contribution < 1.29 is 0 Å². The van der Waals surface area contributed by atoms with Crippen LogP contribution in [0.5, 0.6) is 0 Å². The Bertz CT molecular complexity index is 1260. The van der Waals surface area contributed by atoms with Crippen LogP contribution in [0.2, 0.25) is 0 Å². The molecule has 5 rings (SSSR count). The highest BCUT2D eigenvalue weighted by molar-refractivity contribution is 5.96. The fourth-order valence-corrected chi connectivity index (χ4v) is 3.62. The molecule has 134 valence electrons. The third kappa shape index (κ3) is 3.19. The molecule has 0 aliphatic heterocycles. The number of aromatic nitrogens is 2.